The zero-order valence-electron chi connectivity index (χ0n) is 10.7. The Kier molecular flexibility index (Phi) is 5.19. The van der Waals surface area contributed by atoms with E-state index < -0.39 is 0 Å². The van der Waals surface area contributed by atoms with Crippen LogP contribution in [0.2, 0.25) is 0 Å². The van der Waals surface area contributed by atoms with Gasteiger partial charge in [-0.1, -0.05) is 61.0 Å². The summed E-state index contributed by atoms with van der Waals surface area (Å²) in [4.78, 5) is 11.7. The standard InChI is InChI=1S/C14H20BrNO/c1-14(2,3)8-13(17)16-10-12-6-4-5-11(7-12)9-15/h4-7H,8-10H2,1-3H3,(H,16,17). The van der Waals surface area contributed by atoms with Gasteiger partial charge in [-0.05, 0) is 16.5 Å². The van der Waals surface area contributed by atoms with Crippen LogP contribution in [-0.2, 0) is 16.7 Å². The van der Waals surface area contributed by atoms with E-state index >= 15 is 0 Å². The summed E-state index contributed by atoms with van der Waals surface area (Å²) in [6, 6.07) is 8.21. The zero-order valence-corrected chi connectivity index (χ0v) is 12.3. The quantitative estimate of drug-likeness (QED) is 0.845. The second kappa shape index (κ2) is 6.20. The van der Waals surface area contributed by atoms with Crippen molar-refractivity contribution >= 4 is 21.8 Å². The van der Waals surface area contributed by atoms with Crippen LogP contribution in [0.3, 0.4) is 0 Å². The van der Waals surface area contributed by atoms with Crippen molar-refractivity contribution in [1.82, 2.24) is 5.32 Å². The van der Waals surface area contributed by atoms with Crippen molar-refractivity contribution in [3.8, 4) is 0 Å². The maximum atomic E-state index is 11.7. The Hall–Kier alpha value is -0.830. The van der Waals surface area contributed by atoms with Gasteiger partial charge in [0.05, 0.1) is 0 Å². The van der Waals surface area contributed by atoms with Gasteiger partial charge in [-0.25, -0.2) is 0 Å². The van der Waals surface area contributed by atoms with E-state index in [4.69, 9.17) is 0 Å². The molecule has 1 amide bonds. The summed E-state index contributed by atoms with van der Waals surface area (Å²) >= 11 is 3.42. The Morgan fingerprint density at radius 3 is 2.53 bits per heavy atom. The van der Waals surface area contributed by atoms with Crippen LogP contribution in [0.15, 0.2) is 24.3 Å². The average Bonchev–Trinajstić information content (AvgIpc) is 2.24. The largest absolute Gasteiger partial charge is 0.352 e. The van der Waals surface area contributed by atoms with E-state index in [-0.39, 0.29) is 11.3 Å². The second-order valence-corrected chi connectivity index (χ2v) is 6.03. The number of nitrogens with one attached hydrogen (secondary N) is 1. The molecular weight excluding hydrogens is 278 g/mol. The second-order valence-electron chi connectivity index (χ2n) is 5.47. The fourth-order valence-corrected chi connectivity index (χ4v) is 1.92. The molecule has 0 atom stereocenters. The zero-order chi connectivity index (χ0) is 12.9. The highest BCUT2D eigenvalue weighted by Crippen LogP contribution is 2.18. The molecule has 1 N–H and O–H groups in total. The van der Waals surface area contributed by atoms with Gasteiger partial charge in [-0.3, -0.25) is 4.79 Å². The summed E-state index contributed by atoms with van der Waals surface area (Å²) in [5.74, 6) is 0.113. The minimum atomic E-state index is 0.0434. The number of hydrogen-bond donors (Lipinski definition) is 1. The third-order valence-corrected chi connectivity index (χ3v) is 2.97. The number of hydrogen-bond acceptors (Lipinski definition) is 1. The molecule has 0 aliphatic rings. The number of amides is 1. The number of carbonyl (C=O) groups is 1. The van der Waals surface area contributed by atoms with Crippen molar-refractivity contribution in [2.45, 2.75) is 39.1 Å². The predicted molar refractivity (Wildman–Crippen MR) is 75.0 cm³/mol. The molecule has 0 spiro atoms. The van der Waals surface area contributed by atoms with Gasteiger partial charge in [-0.2, -0.15) is 0 Å². The summed E-state index contributed by atoms with van der Waals surface area (Å²) in [5, 5.41) is 3.80. The first kappa shape index (κ1) is 14.2. The Labute approximate surface area is 112 Å². The SMILES string of the molecule is CC(C)(C)CC(=O)NCc1cccc(CBr)c1. The van der Waals surface area contributed by atoms with E-state index in [0.29, 0.717) is 13.0 Å². The molecular formula is C14H20BrNO. The Bertz CT molecular complexity index is 382. The predicted octanol–water partition coefficient (Wildman–Crippen LogP) is 3.63. The Morgan fingerprint density at radius 1 is 1.29 bits per heavy atom. The lowest BCUT2D eigenvalue weighted by Crippen LogP contribution is -2.27. The maximum Gasteiger partial charge on any atom is 0.220 e. The molecule has 0 saturated carbocycles. The number of halogens is 1. The topological polar surface area (TPSA) is 29.1 Å². The summed E-state index contributed by atoms with van der Waals surface area (Å²) < 4.78 is 0. The molecule has 2 nitrogen and oxygen atoms in total. The van der Waals surface area contributed by atoms with Crippen LogP contribution in [0.5, 0.6) is 0 Å². The van der Waals surface area contributed by atoms with Gasteiger partial charge in [-0.15, -0.1) is 0 Å². The fourth-order valence-electron chi connectivity index (χ4n) is 1.57. The van der Waals surface area contributed by atoms with Crippen molar-refractivity contribution < 1.29 is 4.79 Å². The van der Waals surface area contributed by atoms with Crippen LogP contribution in [0.25, 0.3) is 0 Å². The molecule has 1 rings (SSSR count). The number of rotatable bonds is 4. The van der Waals surface area contributed by atoms with Crippen molar-refractivity contribution in [2.24, 2.45) is 5.41 Å². The fraction of sp³-hybridized carbons (Fsp3) is 0.500. The van der Waals surface area contributed by atoms with E-state index in [2.05, 4.69) is 54.2 Å². The molecule has 0 aliphatic heterocycles. The van der Waals surface area contributed by atoms with Crippen LogP contribution in [0, 0.1) is 5.41 Å². The summed E-state index contributed by atoms with van der Waals surface area (Å²) in [6.07, 6.45) is 0.561. The monoisotopic (exact) mass is 297 g/mol. The highest BCUT2D eigenvalue weighted by atomic mass is 79.9. The summed E-state index contributed by atoms with van der Waals surface area (Å²) in [7, 11) is 0. The van der Waals surface area contributed by atoms with Crippen molar-refractivity contribution in [3.63, 3.8) is 0 Å². The van der Waals surface area contributed by atoms with Gasteiger partial charge in [0, 0.05) is 18.3 Å². The number of carbonyl (C=O) groups excluding carboxylic acids is 1. The molecule has 0 radical (unpaired) electrons. The van der Waals surface area contributed by atoms with E-state index in [9.17, 15) is 4.79 Å². The van der Waals surface area contributed by atoms with Gasteiger partial charge in [0.1, 0.15) is 0 Å². The molecule has 17 heavy (non-hydrogen) atoms. The minimum Gasteiger partial charge on any atom is -0.352 e. The summed E-state index contributed by atoms with van der Waals surface area (Å²) in [5.41, 5.74) is 2.42. The van der Waals surface area contributed by atoms with Gasteiger partial charge in [0.15, 0.2) is 0 Å². The molecule has 3 heteroatoms. The van der Waals surface area contributed by atoms with E-state index in [1.807, 2.05) is 12.1 Å². The lowest BCUT2D eigenvalue weighted by atomic mass is 9.92. The highest BCUT2D eigenvalue weighted by Gasteiger charge is 2.15. The van der Waals surface area contributed by atoms with Crippen molar-refractivity contribution in [2.75, 3.05) is 0 Å². The molecule has 0 bridgehead atoms. The van der Waals surface area contributed by atoms with Gasteiger partial charge in [0.25, 0.3) is 0 Å². The van der Waals surface area contributed by atoms with Crippen molar-refractivity contribution in [3.05, 3.63) is 35.4 Å². The molecule has 1 aromatic carbocycles. The Morgan fingerprint density at radius 2 is 1.94 bits per heavy atom. The van der Waals surface area contributed by atoms with Crippen LogP contribution in [0.1, 0.15) is 38.3 Å². The average molecular weight is 298 g/mol. The highest BCUT2D eigenvalue weighted by molar-refractivity contribution is 9.08. The molecule has 0 aromatic heterocycles. The molecule has 94 valence electrons. The molecule has 0 unspecified atom stereocenters. The maximum absolute atomic E-state index is 11.7. The van der Waals surface area contributed by atoms with Crippen LogP contribution >= 0.6 is 15.9 Å². The first-order valence-corrected chi connectivity index (χ1v) is 6.93. The van der Waals surface area contributed by atoms with Gasteiger partial charge < -0.3 is 5.32 Å². The minimum absolute atomic E-state index is 0.0434. The van der Waals surface area contributed by atoms with E-state index in [1.165, 1.54) is 5.56 Å². The summed E-state index contributed by atoms with van der Waals surface area (Å²) in [6.45, 7) is 6.81. The lowest BCUT2D eigenvalue weighted by molar-refractivity contribution is -0.122. The molecule has 1 aromatic rings. The Balaban J connectivity index is 2.47. The molecule has 0 fully saturated rings. The van der Waals surface area contributed by atoms with Crippen LogP contribution in [0.4, 0.5) is 0 Å². The normalized spacial score (nSPS) is 11.3. The van der Waals surface area contributed by atoms with Crippen LogP contribution < -0.4 is 5.32 Å². The molecule has 0 aliphatic carbocycles. The number of alkyl halides is 1. The third kappa shape index (κ3) is 5.87. The molecule has 0 saturated heterocycles. The van der Waals surface area contributed by atoms with Crippen molar-refractivity contribution in [1.29, 1.82) is 0 Å². The lowest BCUT2D eigenvalue weighted by Gasteiger charge is -2.17. The van der Waals surface area contributed by atoms with Gasteiger partial charge >= 0.3 is 0 Å². The van der Waals surface area contributed by atoms with Crippen LogP contribution in [-0.4, -0.2) is 5.91 Å². The number of benzene rings is 1. The molecule has 0 heterocycles. The third-order valence-electron chi connectivity index (χ3n) is 2.33. The van der Waals surface area contributed by atoms with E-state index in [0.717, 1.165) is 10.9 Å². The van der Waals surface area contributed by atoms with E-state index in [1.54, 1.807) is 0 Å². The first-order valence-electron chi connectivity index (χ1n) is 5.81. The smallest absolute Gasteiger partial charge is 0.220 e. The first-order chi connectivity index (χ1) is 7.90. The van der Waals surface area contributed by atoms with Gasteiger partial charge in [0.2, 0.25) is 5.91 Å².